The monoisotopic (exact) mass is 237 g/mol. The van der Waals surface area contributed by atoms with Crippen molar-refractivity contribution in [2.45, 2.75) is 33.0 Å². The number of ether oxygens (including phenoxy) is 1. The first-order valence-corrected chi connectivity index (χ1v) is 5.81. The molecule has 1 aliphatic heterocycles. The van der Waals surface area contributed by atoms with E-state index in [-0.39, 0.29) is 29.8 Å². The normalized spacial score (nSPS) is 32.7. The highest BCUT2D eigenvalue weighted by molar-refractivity contribution is 5.98. The van der Waals surface area contributed by atoms with Gasteiger partial charge in [0.2, 0.25) is 0 Å². The molecule has 92 valence electrons. The molecule has 1 saturated heterocycles. The highest BCUT2D eigenvalue weighted by atomic mass is 19.1. The van der Waals surface area contributed by atoms with Gasteiger partial charge in [-0.15, -0.1) is 0 Å². The van der Waals surface area contributed by atoms with Gasteiger partial charge in [0.25, 0.3) is 0 Å². The first-order chi connectivity index (χ1) is 8.00. The van der Waals surface area contributed by atoms with E-state index in [4.69, 9.17) is 4.74 Å². The molecule has 1 aromatic rings. The van der Waals surface area contributed by atoms with Gasteiger partial charge in [0.05, 0.1) is 24.3 Å². The number of rotatable bonds is 2. The van der Waals surface area contributed by atoms with Crippen molar-refractivity contribution >= 4 is 5.78 Å². The molecular weight excluding hydrogens is 221 g/mol. The topological polar surface area (TPSA) is 39.2 Å². The van der Waals surface area contributed by atoms with Crippen LogP contribution in [0.5, 0.6) is 0 Å². The highest BCUT2D eigenvalue weighted by Crippen LogP contribution is 2.34. The van der Waals surface area contributed by atoms with E-state index in [0.29, 0.717) is 5.56 Å². The van der Waals surface area contributed by atoms with Crippen LogP contribution in [0.15, 0.2) is 18.5 Å². The molecule has 4 heteroatoms. The molecule has 4 atom stereocenters. The van der Waals surface area contributed by atoms with Gasteiger partial charge >= 0.3 is 0 Å². The number of nitrogens with zero attached hydrogens (tertiary/aromatic N) is 1. The second kappa shape index (κ2) is 4.53. The number of carbonyl (C=O) groups is 1. The average Bonchev–Trinajstić information content (AvgIpc) is 2.52. The Morgan fingerprint density at radius 2 is 2.00 bits per heavy atom. The molecular formula is C13H16FNO2. The molecule has 0 N–H and O–H groups in total. The summed E-state index contributed by atoms with van der Waals surface area (Å²) in [7, 11) is 0. The molecule has 3 nitrogen and oxygen atoms in total. The third-order valence-corrected chi connectivity index (χ3v) is 3.53. The van der Waals surface area contributed by atoms with Gasteiger partial charge in [-0.25, -0.2) is 4.39 Å². The van der Waals surface area contributed by atoms with Crippen molar-refractivity contribution in [2.75, 3.05) is 0 Å². The van der Waals surface area contributed by atoms with Gasteiger partial charge in [0.15, 0.2) is 5.78 Å². The molecule has 0 bridgehead atoms. The summed E-state index contributed by atoms with van der Waals surface area (Å²) in [6.45, 7) is 5.83. The number of halogens is 1. The van der Waals surface area contributed by atoms with Crippen molar-refractivity contribution in [1.82, 2.24) is 4.98 Å². The molecule has 0 aliphatic carbocycles. The number of Topliss-reactive ketones (excluding diaryl/α,β-unsaturated/α-hetero) is 1. The predicted octanol–water partition coefficient (Wildman–Crippen LogP) is 2.46. The zero-order chi connectivity index (χ0) is 12.6. The molecule has 1 aromatic heterocycles. The minimum Gasteiger partial charge on any atom is -0.374 e. The van der Waals surface area contributed by atoms with Crippen LogP contribution in [-0.4, -0.2) is 23.0 Å². The lowest BCUT2D eigenvalue weighted by atomic mass is 9.84. The largest absolute Gasteiger partial charge is 0.374 e. The summed E-state index contributed by atoms with van der Waals surface area (Å²) in [6.07, 6.45) is 2.43. The Kier molecular flexibility index (Phi) is 3.24. The maximum Gasteiger partial charge on any atom is 0.170 e. The summed E-state index contributed by atoms with van der Waals surface area (Å²) in [4.78, 5) is 16.0. The van der Waals surface area contributed by atoms with Gasteiger partial charge in [-0.2, -0.15) is 0 Å². The average molecular weight is 237 g/mol. The summed E-state index contributed by atoms with van der Waals surface area (Å²) in [6, 6.07) is 1.23. The Balaban J connectivity index is 2.26. The van der Waals surface area contributed by atoms with Gasteiger partial charge in [-0.05, 0) is 25.8 Å². The van der Waals surface area contributed by atoms with E-state index in [1.165, 1.54) is 12.3 Å². The smallest absolute Gasteiger partial charge is 0.170 e. The van der Waals surface area contributed by atoms with Crippen LogP contribution in [0.25, 0.3) is 0 Å². The van der Waals surface area contributed by atoms with Gasteiger partial charge in [-0.3, -0.25) is 9.78 Å². The predicted molar refractivity (Wildman–Crippen MR) is 61.2 cm³/mol. The summed E-state index contributed by atoms with van der Waals surface area (Å²) in [5.74, 6) is -0.640. The lowest BCUT2D eigenvalue weighted by Crippen LogP contribution is -2.27. The van der Waals surface area contributed by atoms with Crippen LogP contribution in [-0.2, 0) is 4.74 Å². The van der Waals surface area contributed by atoms with Crippen molar-refractivity contribution in [2.24, 2.45) is 11.8 Å². The second-order valence-electron chi connectivity index (χ2n) is 4.69. The van der Waals surface area contributed by atoms with E-state index in [1.54, 1.807) is 0 Å². The van der Waals surface area contributed by atoms with E-state index >= 15 is 0 Å². The lowest BCUT2D eigenvalue weighted by Gasteiger charge is -2.16. The molecule has 0 aromatic carbocycles. The summed E-state index contributed by atoms with van der Waals surface area (Å²) in [5, 5.41) is 0. The Morgan fingerprint density at radius 3 is 2.53 bits per heavy atom. The fourth-order valence-electron chi connectivity index (χ4n) is 2.46. The quantitative estimate of drug-likeness (QED) is 0.742. The van der Waals surface area contributed by atoms with Crippen LogP contribution < -0.4 is 0 Å². The van der Waals surface area contributed by atoms with E-state index in [0.717, 1.165) is 6.20 Å². The number of hydrogen-bond donors (Lipinski definition) is 0. The van der Waals surface area contributed by atoms with Crippen LogP contribution >= 0.6 is 0 Å². The van der Waals surface area contributed by atoms with E-state index in [2.05, 4.69) is 4.98 Å². The maximum absolute atomic E-state index is 13.0. The van der Waals surface area contributed by atoms with Crippen molar-refractivity contribution in [3.05, 3.63) is 29.8 Å². The van der Waals surface area contributed by atoms with Crippen molar-refractivity contribution in [3.63, 3.8) is 0 Å². The number of hydrogen-bond acceptors (Lipinski definition) is 3. The fourth-order valence-corrected chi connectivity index (χ4v) is 2.46. The molecule has 17 heavy (non-hydrogen) atoms. The summed E-state index contributed by atoms with van der Waals surface area (Å²) >= 11 is 0. The number of carbonyl (C=O) groups excluding carboxylic acids is 1. The maximum atomic E-state index is 13.0. The molecule has 0 amide bonds. The van der Waals surface area contributed by atoms with Crippen LogP contribution in [0.2, 0.25) is 0 Å². The van der Waals surface area contributed by atoms with Crippen LogP contribution in [0.4, 0.5) is 4.39 Å². The van der Waals surface area contributed by atoms with Gasteiger partial charge in [0.1, 0.15) is 5.82 Å². The van der Waals surface area contributed by atoms with Crippen LogP contribution in [0.1, 0.15) is 31.1 Å². The SMILES string of the molecule is CC1OC(C)C(C(=O)c2cncc(F)c2)C1C. The minimum absolute atomic E-state index is 0.0560. The van der Waals surface area contributed by atoms with Gasteiger partial charge in [0, 0.05) is 11.8 Å². The Labute approximate surface area is 100 Å². The summed E-state index contributed by atoms with van der Waals surface area (Å²) in [5.41, 5.74) is 0.325. The zero-order valence-corrected chi connectivity index (χ0v) is 10.2. The molecule has 1 fully saturated rings. The number of aromatic nitrogens is 1. The molecule has 2 rings (SSSR count). The number of ketones is 1. The molecule has 0 saturated carbocycles. The zero-order valence-electron chi connectivity index (χ0n) is 10.2. The molecule has 4 unspecified atom stereocenters. The van der Waals surface area contributed by atoms with Gasteiger partial charge < -0.3 is 4.74 Å². The first-order valence-electron chi connectivity index (χ1n) is 5.81. The minimum atomic E-state index is -0.483. The Hall–Kier alpha value is -1.29. The lowest BCUT2D eigenvalue weighted by molar-refractivity contribution is 0.0491. The third kappa shape index (κ3) is 2.22. The summed E-state index contributed by atoms with van der Waals surface area (Å²) < 4.78 is 18.7. The van der Waals surface area contributed by atoms with Crippen molar-refractivity contribution in [1.29, 1.82) is 0 Å². The van der Waals surface area contributed by atoms with Gasteiger partial charge in [-0.1, -0.05) is 6.92 Å². The molecule has 0 spiro atoms. The van der Waals surface area contributed by atoms with E-state index in [1.807, 2.05) is 20.8 Å². The van der Waals surface area contributed by atoms with E-state index in [9.17, 15) is 9.18 Å². The highest BCUT2D eigenvalue weighted by Gasteiger charge is 2.41. The van der Waals surface area contributed by atoms with Crippen molar-refractivity contribution < 1.29 is 13.9 Å². The third-order valence-electron chi connectivity index (χ3n) is 3.53. The fraction of sp³-hybridized carbons (Fsp3) is 0.538. The van der Waals surface area contributed by atoms with Crippen LogP contribution in [0.3, 0.4) is 0 Å². The molecule has 0 radical (unpaired) electrons. The first kappa shape index (κ1) is 12.2. The van der Waals surface area contributed by atoms with Crippen molar-refractivity contribution in [3.8, 4) is 0 Å². The number of pyridine rings is 1. The Morgan fingerprint density at radius 1 is 1.29 bits per heavy atom. The van der Waals surface area contributed by atoms with Crippen LogP contribution in [0, 0.1) is 17.7 Å². The Bertz CT molecular complexity index is 435. The standard InChI is InChI=1S/C13H16FNO2/c1-7-8(2)17-9(3)12(7)13(16)10-4-11(14)6-15-5-10/h4-9,12H,1-3H3. The molecule has 1 aliphatic rings. The molecule has 2 heterocycles. The van der Waals surface area contributed by atoms with E-state index < -0.39 is 5.82 Å². The second-order valence-corrected chi connectivity index (χ2v) is 4.69.